The molecule has 0 spiro atoms. The zero-order valence-electron chi connectivity index (χ0n) is 11.3. The third kappa shape index (κ3) is 4.71. The molecule has 0 saturated heterocycles. The van der Waals surface area contributed by atoms with E-state index in [-0.39, 0.29) is 22.7 Å². The highest BCUT2D eigenvalue weighted by molar-refractivity contribution is 6.35. The Kier molecular flexibility index (Phi) is 6.10. The molecule has 1 aromatic rings. The number of hydrogen-bond donors (Lipinski definition) is 2. The van der Waals surface area contributed by atoms with Crippen molar-refractivity contribution in [2.24, 2.45) is 0 Å². The largest absolute Gasteiger partial charge is 0.481 e. The number of aliphatic carboxylic acids is 1. The van der Waals surface area contributed by atoms with Crippen LogP contribution in [0.3, 0.4) is 0 Å². The number of nitrogens with one attached hydrogen (secondary N) is 1. The zero-order valence-corrected chi connectivity index (χ0v) is 12.1. The summed E-state index contributed by atoms with van der Waals surface area (Å²) in [6, 6.07) is 3.36. The Morgan fingerprint density at radius 2 is 2.14 bits per heavy atom. The molecular weight excluding hydrogens is 300 g/mol. The van der Waals surface area contributed by atoms with Crippen molar-refractivity contribution in [2.75, 3.05) is 0 Å². The summed E-state index contributed by atoms with van der Waals surface area (Å²) in [5.74, 6) is -1.65. The van der Waals surface area contributed by atoms with E-state index in [1.807, 2.05) is 6.92 Å². The molecule has 2 N–H and O–H groups in total. The standard InChI is InChI=1S/C13H15ClN2O5/c1-2-4-8(7-11(17)18)15-13(19)9-5-3-6-10(12(9)14)16(20)21/h3,5-6,8H,2,4,7H2,1H3,(H,15,19)(H,17,18). The second-order valence-corrected chi connectivity index (χ2v) is 4.83. The summed E-state index contributed by atoms with van der Waals surface area (Å²) >= 11 is 5.85. The summed E-state index contributed by atoms with van der Waals surface area (Å²) in [5.41, 5.74) is -0.410. The van der Waals surface area contributed by atoms with E-state index in [1.165, 1.54) is 18.2 Å². The predicted molar refractivity (Wildman–Crippen MR) is 76.5 cm³/mol. The van der Waals surface area contributed by atoms with E-state index in [2.05, 4.69) is 5.32 Å². The summed E-state index contributed by atoms with van der Waals surface area (Å²) in [5, 5.41) is 21.9. The molecule has 0 bridgehead atoms. The van der Waals surface area contributed by atoms with Gasteiger partial charge in [-0.15, -0.1) is 0 Å². The Labute approximate surface area is 126 Å². The van der Waals surface area contributed by atoms with Gasteiger partial charge in [0.25, 0.3) is 11.6 Å². The summed E-state index contributed by atoms with van der Waals surface area (Å²) in [4.78, 5) is 32.9. The maximum Gasteiger partial charge on any atom is 0.305 e. The van der Waals surface area contributed by atoms with Crippen LogP contribution in [0.2, 0.25) is 5.02 Å². The van der Waals surface area contributed by atoms with Gasteiger partial charge in [0.2, 0.25) is 0 Å². The fraction of sp³-hybridized carbons (Fsp3) is 0.385. The Balaban J connectivity index is 2.95. The number of carbonyl (C=O) groups is 2. The first-order valence-corrected chi connectivity index (χ1v) is 6.70. The van der Waals surface area contributed by atoms with Crippen molar-refractivity contribution >= 4 is 29.2 Å². The van der Waals surface area contributed by atoms with E-state index in [0.29, 0.717) is 12.8 Å². The van der Waals surface area contributed by atoms with Gasteiger partial charge in [-0.1, -0.05) is 31.0 Å². The van der Waals surface area contributed by atoms with Gasteiger partial charge in [0.15, 0.2) is 0 Å². The lowest BCUT2D eigenvalue weighted by Crippen LogP contribution is -2.36. The van der Waals surface area contributed by atoms with Gasteiger partial charge in [0, 0.05) is 12.1 Å². The van der Waals surface area contributed by atoms with Crippen molar-refractivity contribution in [3.63, 3.8) is 0 Å². The molecule has 0 aliphatic rings. The quantitative estimate of drug-likeness (QED) is 0.594. The summed E-state index contributed by atoms with van der Waals surface area (Å²) in [6.07, 6.45) is 0.970. The molecule has 1 aromatic carbocycles. The number of nitro groups is 1. The molecule has 0 aliphatic heterocycles. The van der Waals surface area contributed by atoms with Crippen LogP contribution in [0.25, 0.3) is 0 Å². The molecule has 7 nitrogen and oxygen atoms in total. The molecule has 1 rings (SSSR count). The number of amides is 1. The number of benzene rings is 1. The molecule has 0 radical (unpaired) electrons. The summed E-state index contributed by atoms with van der Waals surface area (Å²) < 4.78 is 0. The number of carbonyl (C=O) groups excluding carboxylic acids is 1. The van der Waals surface area contributed by atoms with Crippen LogP contribution in [0.1, 0.15) is 36.5 Å². The van der Waals surface area contributed by atoms with Gasteiger partial charge < -0.3 is 10.4 Å². The van der Waals surface area contributed by atoms with Crippen LogP contribution in [0, 0.1) is 10.1 Å². The van der Waals surface area contributed by atoms with Crippen LogP contribution in [-0.2, 0) is 4.79 Å². The average Bonchev–Trinajstić information content (AvgIpc) is 2.37. The van der Waals surface area contributed by atoms with Crippen molar-refractivity contribution in [1.82, 2.24) is 5.32 Å². The second kappa shape index (κ2) is 7.58. The molecule has 0 saturated carbocycles. The smallest absolute Gasteiger partial charge is 0.305 e. The molecule has 0 fully saturated rings. The van der Waals surface area contributed by atoms with Gasteiger partial charge in [-0.3, -0.25) is 19.7 Å². The highest BCUT2D eigenvalue weighted by atomic mass is 35.5. The number of nitro benzene ring substituents is 1. The Morgan fingerprint density at radius 1 is 1.48 bits per heavy atom. The lowest BCUT2D eigenvalue weighted by atomic mass is 10.1. The minimum Gasteiger partial charge on any atom is -0.481 e. The van der Waals surface area contributed by atoms with Crippen LogP contribution in [0.4, 0.5) is 5.69 Å². The van der Waals surface area contributed by atoms with Crippen LogP contribution >= 0.6 is 11.6 Å². The minimum absolute atomic E-state index is 0.0441. The van der Waals surface area contributed by atoms with Crippen molar-refractivity contribution in [3.05, 3.63) is 38.9 Å². The van der Waals surface area contributed by atoms with E-state index in [1.54, 1.807) is 0 Å². The first kappa shape index (κ1) is 16.9. The van der Waals surface area contributed by atoms with Crippen molar-refractivity contribution < 1.29 is 19.6 Å². The third-order valence-corrected chi connectivity index (χ3v) is 3.21. The normalized spacial score (nSPS) is 11.7. The van der Waals surface area contributed by atoms with Gasteiger partial charge in [-0.25, -0.2) is 0 Å². The maximum absolute atomic E-state index is 12.1. The first-order chi connectivity index (χ1) is 9.86. The van der Waals surface area contributed by atoms with Crippen molar-refractivity contribution in [2.45, 2.75) is 32.2 Å². The monoisotopic (exact) mass is 314 g/mol. The number of hydrogen-bond acceptors (Lipinski definition) is 4. The fourth-order valence-electron chi connectivity index (χ4n) is 1.88. The molecular formula is C13H15ClN2O5. The predicted octanol–water partition coefficient (Wildman–Crippen LogP) is 2.62. The van der Waals surface area contributed by atoms with E-state index < -0.39 is 22.8 Å². The molecule has 1 atom stereocenters. The van der Waals surface area contributed by atoms with Gasteiger partial charge in [-0.2, -0.15) is 0 Å². The van der Waals surface area contributed by atoms with Crippen LogP contribution in [0.5, 0.6) is 0 Å². The topological polar surface area (TPSA) is 110 Å². The minimum atomic E-state index is -1.03. The highest BCUT2D eigenvalue weighted by Crippen LogP contribution is 2.27. The lowest BCUT2D eigenvalue weighted by molar-refractivity contribution is -0.384. The number of rotatable bonds is 7. The van der Waals surface area contributed by atoms with Crippen LogP contribution < -0.4 is 5.32 Å². The van der Waals surface area contributed by atoms with Crippen LogP contribution in [-0.4, -0.2) is 27.9 Å². The number of carboxylic acids is 1. The van der Waals surface area contributed by atoms with Crippen LogP contribution in [0.15, 0.2) is 18.2 Å². The van der Waals surface area contributed by atoms with E-state index >= 15 is 0 Å². The van der Waals surface area contributed by atoms with E-state index in [0.717, 1.165) is 0 Å². The van der Waals surface area contributed by atoms with E-state index in [9.17, 15) is 19.7 Å². The molecule has 0 aromatic heterocycles. The van der Waals surface area contributed by atoms with Crippen molar-refractivity contribution in [3.8, 4) is 0 Å². The molecule has 8 heteroatoms. The fourth-order valence-corrected chi connectivity index (χ4v) is 2.16. The second-order valence-electron chi connectivity index (χ2n) is 4.45. The first-order valence-electron chi connectivity index (χ1n) is 6.32. The SMILES string of the molecule is CCCC(CC(=O)O)NC(=O)c1cccc([N+](=O)[O-])c1Cl. The highest BCUT2D eigenvalue weighted by Gasteiger charge is 2.22. The number of nitrogens with zero attached hydrogens (tertiary/aromatic N) is 1. The maximum atomic E-state index is 12.1. The Morgan fingerprint density at radius 3 is 2.67 bits per heavy atom. The number of halogens is 1. The molecule has 1 unspecified atom stereocenters. The van der Waals surface area contributed by atoms with Crippen molar-refractivity contribution in [1.29, 1.82) is 0 Å². The Hall–Kier alpha value is -2.15. The number of carboxylic acid groups (broad SMARTS) is 1. The molecule has 114 valence electrons. The lowest BCUT2D eigenvalue weighted by Gasteiger charge is -2.16. The summed E-state index contributed by atoms with van der Waals surface area (Å²) in [6.45, 7) is 1.86. The molecule has 21 heavy (non-hydrogen) atoms. The summed E-state index contributed by atoms with van der Waals surface area (Å²) in [7, 11) is 0. The van der Waals surface area contributed by atoms with Gasteiger partial charge in [0.05, 0.1) is 16.9 Å². The third-order valence-electron chi connectivity index (χ3n) is 2.81. The van der Waals surface area contributed by atoms with E-state index in [4.69, 9.17) is 16.7 Å². The van der Waals surface area contributed by atoms with Gasteiger partial charge in [0.1, 0.15) is 5.02 Å². The molecule has 0 aliphatic carbocycles. The average molecular weight is 315 g/mol. The molecule has 1 amide bonds. The zero-order chi connectivity index (χ0) is 16.0. The molecule has 0 heterocycles. The van der Waals surface area contributed by atoms with Gasteiger partial charge in [-0.05, 0) is 12.5 Å². The Bertz CT molecular complexity index is 561. The van der Waals surface area contributed by atoms with Gasteiger partial charge >= 0.3 is 5.97 Å².